The van der Waals surface area contributed by atoms with Crippen LogP contribution in [0.15, 0.2) is 29.0 Å². The molecule has 0 radical (unpaired) electrons. The minimum absolute atomic E-state index is 0.00678. The van der Waals surface area contributed by atoms with Gasteiger partial charge < -0.3 is 9.73 Å². The van der Waals surface area contributed by atoms with Crippen LogP contribution in [0.3, 0.4) is 0 Å². The highest BCUT2D eigenvalue weighted by Gasteiger charge is 2.30. The second kappa shape index (κ2) is 5.65. The van der Waals surface area contributed by atoms with Gasteiger partial charge in [-0.2, -0.15) is 0 Å². The number of hydrogen-bond donors (Lipinski definition) is 1. The zero-order valence-electron chi connectivity index (χ0n) is 12.8. The van der Waals surface area contributed by atoms with E-state index in [1.165, 1.54) is 11.8 Å². The lowest BCUT2D eigenvalue weighted by Crippen LogP contribution is -2.32. The first kappa shape index (κ1) is 14.2. The van der Waals surface area contributed by atoms with Crippen molar-refractivity contribution in [1.82, 2.24) is 10.3 Å². The molecule has 2 aliphatic carbocycles. The van der Waals surface area contributed by atoms with Crippen LogP contribution >= 0.6 is 0 Å². The molecule has 2 aromatic heterocycles. The first-order chi connectivity index (χ1) is 11.2. The van der Waals surface area contributed by atoms with Gasteiger partial charge >= 0.3 is 0 Å². The molecule has 0 spiro atoms. The molecule has 5 nitrogen and oxygen atoms in total. The highest BCUT2D eigenvalue weighted by molar-refractivity contribution is 6.09. The Hall–Kier alpha value is -2.43. The lowest BCUT2D eigenvalue weighted by molar-refractivity contribution is 0.0912. The third-order valence-electron chi connectivity index (χ3n) is 4.70. The third kappa shape index (κ3) is 2.46. The molecule has 2 heterocycles. The maximum absolute atomic E-state index is 12.7. The minimum Gasteiger partial charge on any atom is -0.468 e. The SMILES string of the molecule is O=C(N[C@@H]1CCCc2cccnc21)c1coc2c1C(=O)CCC2. The Morgan fingerprint density at radius 1 is 1.26 bits per heavy atom. The molecule has 23 heavy (non-hydrogen) atoms. The molecule has 118 valence electrons. The van der Waals surface area contributed by atoms with E-state index in [1.54, 1.807) is 6.20 Å². The zero-order chi connectivity index (χ0) is 15.8. The van der Waals surface area contributed by atoms with Gasteiger partial charge in [0.2, 0.25) is 0 Å². The first-order valence-corrected chi connectivity index (χ1v) is 8.12. The van der Waals surface area contributed by atoms with Gasteiger partial charge in [0.05, 0.1) is 22.9 Å². The number of aromatic nitrogens is 1. The van der Waals surface area contributed by atoms with E-state index >= 15 is 0 Å². The molecule has 2 aromatic rings. The fraction of sp³-hybridized carbons (Fsp3) is 0.389. The summed E-state index contributed by atoms with van der Waals surface area (Å²) in [5.74, 6) is 0.412. The van der Waals surface area contributed by atoms with E-state index in [0.717, 1.165) is 37.8 Å². The number of aryl methyl sites for hydroxylation is 2. The molecule has 0 aromatic carbocycles. The van der Waals surface area contributed by atoms with E-state index in [-0.39, 0.29) is 17.7 Å². The average Bonchev–Trinajstić information content (AvgIpc) is 3.01. The number of ketones is 1. The predicted octanol–water partition coefficient (Wildman–Crippen LogP) is 3.00. The second-order valence-electron chi connectivity index (χ2n) is 6.19. The molecule has 5 heteroatoms. The monoisotopic (exact) mass is 310 g/mol. The van der Waals surface area contributed by atoms with Crippen LogP contribution in [0.1, 0.15) is 69.5 Å². The first-order valence-electron chi connectivity index (χ1n) is 8.12. The molecule has 1 atom stereocenters. The molecule has 0 fully saturated rings. The largest absolute Gasteiger partial charge is 0.468 e. The number of nitrogens with zero attached hydrogens (tertiary/aromatic N) is 1. The van der Waals surface area contributed by atoms with E-state index in [1.807, 2.05) is 6.07 Å². The zero-order valence-corrected chi connectivity index (χ0v) is 12.8. The van der Waals surface area contributed by atoms with Crippen LogP contribution in [0.25, 0.3) is 0 Å². The number of nitrogens with one attached hydrogen (secondary N) is 1. The van der Waals surface area contributed by atoms with Gasteiger partial charge in [0, 0.05) is 19.0 Å². The maximum atomic E-state index is 12.7. The molecule has 0 aliphatic heterocycles. The van der Waals surface area contributed by atoms with E-state index in [2.05, 4.69) is 16.4 Å². The number of fused-ring (bicyclic) bond motifs is 2. The Labute approximate surface area is 134 Å². The van der Waals surface area contributed by atoms with Gasteiger partial charge in [0.1, 0.15) is 12.0 Å². The van der Waals surface area contributed by atoms with E-state index < -0.39 is 0 Å². The molecule has 0 saturated heterocycles. The molecule has 4 rings (SSSR count). The quantitative estimate of drug-likeness (QED) is 0.925. The molecule has 0 bridgehead atoms. The van der Waals surface area contributed by atoms with Gasteiger partial charge in [-0.05, 0) is 37.3 Å². The highest BCUT2D eigenvalue weighted by atomic mass is 16.3. The van der Waals surface area contributed by atoms with Crippen molar-refractivity contribution in [3.05, 3.63) is 52.7 Å². The highest BCUT2D eigenvalue weighted by Crippen LogP contribution is 2.30. The summed E-state index contributed by atoms with van der Waals surface area (Å²) in [5, 5.41) is 3.03. The summed E-state index contributed by atoms with van der Waals surface area (Å²) in [4.78, 5) is 29.2. The van der Waals surface area contributed by atoms with Gasteiger partial charge in [0.15, 0.2) is 5.78 Å². The number of furan rings is 1. The van der Waals surface area contributed by atoms with Gasteiger partial charge in [-0.3, -0.25) is 14.6 Å². The lowest BCUT2D eigenvalue weighted by atomic mass is 9.91. The van der Waals surface area contributed by atoms with Crippen molar-refractivity contribution in [3.8, 4) is 0 Å². The summed E-state index contributed by atoms with van der Waals surface area (Å²) in [7, 11) is 0. The summed E-state index contributed by atoms with van der Waals surface area (Å²) >= 11 is 0. The topological polar surface area (TPSA) is 72.2 Å². The van der Waals surface area contributed by atoms with Gasteiger partial charge in [-0.15, -0.1) is 0 Å². The van der Waals surface area contributed by atoms with Crippen molar-refractivity contribution in [2.24, 2.45) is 0 Å². The Morgan fingerprint density at radius 2 is 2.17 bits per heavy atom. The Morgan fingerprint density at radius 3 is 3.09 bits per heavy atom. The van der Waals surface area contributed by atoms with Crippen molar-refractivity contribution in [1.29, 1.82) is 0 Å². The number of pyridine rings is 1. The number of amides is 1. The average molecular weight is 310 g/mol. The van der Waals surface area contributed by atoms with Gasteiger partial charge in [-0.25, -0.2) is 0 Å². The van der Waals surface area contributed by atoms with E-state index in [0.29, 0.717) is 23.3 Å². The fourth-order valence-electron chi connectivity index (χ4n) is 3.58. The normalized spacial score (nSPS) is 19.8. The third-order valence-corrected chi connectivity index (χ3v) is 4.70. The molecule has 0 saturated carbocycles. The van der Waals surface area contributed by atoms with E-state index in [4.69, 9.17) is 4.42 Å². The molecular weight excluding hydrogens is 292 g/mol. The predicted molar refractivity (Wildman–Crippen MR) is 83.4 cm³/mol. The number of hydrogen-bond acceptors (Lipinski definition) is 4. The van der Waals surface area contributed by atoms with Crippen LogP contribution in [0.5, 0.6) is 0 Å². The smallest absolute Gasteiger partial charge is 0.255 e. The van der Waals surface area contributed by atoms with Crippen LogP contribution in [-0.4, -0.2) is 16.7 Å². The lowest BCUT2D eigenvalue weighted by Gasteiger charge is -2.25. The number of Topliss-reactive ketones (excluding diaryl/α,β-unsaturated/α-hetero) is 1. The number of carbonyl (C=O) groups is 2. The van der Waals surface area contributed by atoms with Crippen molar-refractivity contribution in [2.45, 2.75) is 44.6 Å². The van der Waals surface area contributed by atoms with Gasteiger partial charge in [0.25, 0.3) is 5.91 Å². The van der Waals surface area contributed by atoms with Crippen molar-refractivity contribution in [3.63, 3.8) is 0 Å². The Bertz CT molecular complexity index is 778. The molecule has 1 N–H and O–H groups in total. The minimum atomic E-state index is -0.242. The van der Waals surface area contributed by atoms with Crippen molar-refractivity contribution >= 4 is 11.7 Å². The summed E-state index contributed by atoms with van der Waals surface area (Å²) in [6, 6.07) is 3.88. The summed E-state index contributed by atoms with van der Waals surface area (Å²) in [6.45, 7) is 0. The van der Waals surface area contributed by atoms with Crippen LogP contribution in [-0.2, 0) is 12.8 Å². The van der Waals surface area contributed by atoms with Crippen molar-refractivity contribution < 1.29 is 14.0 Å². The second-order valence-corrected chi connectivity index (χ2v) is 6.19. The maximum Gasteiger partial charge on any atom is 0.255 e. The van der Waals surface area contributed by atoms with Crippen LogP contribution in [0, 0.1) is 0 Å². The Kier molecular flexibility index (Phi) is 3.48. The summed E-state index contributed by atoms with van der Waals surface area (Å²) in [5.41, 5.74) is 2.98. The molecular formula is C18H18N2O3. The van der Waals surface area contributed by atoms with Gasteiger partial charge in [-0.1, -0.05) is 6.07 Å². The summed E-state index contributed by atoms with van der Waals surface area (Å²) in [6.07, 6.45) is 8.06. The standard InChI is InChI=1S/C18H18N2O3/c21-14-7-2-8-15-16(14)12(10-23-15)18(22)20-13-6-1-4-11-5-3-9-19-17(11)13/h3,5,9-10,13H,1-2,4,6-8H2,(H,20,22)/t13-/m1/s1. The van der Waals surface area contributed by atoms with Crippen LogP contribution in [0.2, 0.25) is 0 Å². The van der Waals surface area contributed by atoms with Crippen LogP contribution < -0.4 is 5.32 Å². The number of rotatable bonds is 2. The Balaban J connectivity index is 1.60. The molecule has 1 amide bonds. The van der Waals surface area contributed by atoms with E-state index in [9.17, 15) is 9.59 Å². The summed E-state index contributed by atoms with van der Waals surface area (Å²) < 4.78 is 5.44. The van der Waals surface area contributed by atoms with Crippen molar-refractivity contribution in [2.75, 3.05) is 0 Å². The fourth-order valence-corrected chi connectivity index (χ4v) is 3.58. The van der Waals surface area contributed by atoms with Crippen LogP contribution in [0.4, 0.5) is 0 Å². The molecule has 0 unspecified atom stereocenters. The number of carbonyl (C=O) groups excluding carboxylic acids is 2. The molecule has 2 aliphatic rings.